The minimum absolute atomic E-state index is 0.0656. The maximum Gasteiger partial charge on any atom is 0.225 e. The molecule has 0 saturated carbocycles. The number of aromatic nitrogens is 2. The highest BCUT2D eigenvalue weighted by atomic mass is 32.2. The lowest BCUT2D eigenvalue weighted by Gasteiger charge is -2.06. The molecule has 0 bridgehead atoms. The molecule has 0 spiro atoms. The molecular weight excluding hydrogens is 340 g/mol. The third-order valence-electron chi connectivity index (χ3n) is 3.78. The number of hydrogen-bond donors (Lipinski definition) is 1. The fourth-order valence-electron chi connectivity index (χ4n) is 2.45. The molecule has 0 aliphatic rings. The Morgan fingerprint density at radius 2 is 1.32 bits per heavy atom. The van der Waals surface area contributed by atoms with Crippen molar-refractivity contribution in [3.63, 3.8) is 0 Å². The van der Waals surface area contributed by atoms with Gasteiger partial charge in [-0.1, -0.05) is 0 Å². The summed E-state index contributed by atoms with van der Waals surface area (Å²) in [4.78, 5) is 7.24. The van der Waals surface area contributed by atoms with E-state index in [9.17, 15) is 8.42 Å². The minimum Gasteiger partial charge on any atom is -0.497 e. The van der Waals surface area contributed by atoms with Crippen molar-refractivity contribution < 1.29 is 17.9 Å². The van der Waals surface area contributed by atoms with E-state index in [1.165, 1.54) is 0 Å². The van der Waals surface area contributed by atoms with Crippen molar-refractivity contribution in [2.45, 2.75) is 5.16 Å². The van der Waals surface area contributed by atoms with Gasteiger partial charge in [0.15, 0.2) is 0 Å². The van der Waals surface area contributed by atoms with Gasteiger partial charge >= 0.3 is 0 Å². The first kappa shape index (κ1) is 17.0. The maximum atomic E-state index is 11.9. The maximum absolute atomic E-state index is 11.9. The lowest BCUT2D eigenvalue weighted by molar-refractivity contribution is 0.414. The van der Waals surface area contributed by atoms with Gasteiger partial charge in [0.1, 0.15) is 11.5 Å². The van der Waals surface area contributed by atoms with Crippen LogP contribution in [0.1, 0.15) is 0 Å². The van der Waals surface area contributed by atoms with Crippen LogP contribution in [-0.4, -0.2) is 38.9 Å². The molecule has 0 atom stereocenters. The van der Waals surface area contributed by atoms with Gasteiger partial charge in [0.05, 0.1) is 25.6 Å². The van der Waals surface area contributed by atoms with E-state index in [4.69, 9.17) is 9.47 Å². The number of sulfone groups is 1. The number of hydrogen-bond acceptors (Lipinski definition) is 5. The van der Waals surface area contributed by atoms with Crippen LogP contribution in [0.3, 0.4) is 0 Å². The first-order valence-electron chi connectivity index (χ1n) is 7.51. The van der Waals surface area contributed by atoms with Crippen LogP contribution in [0.15, 0.2) is 53.7 Å². The topological polar surface area (TPSA) is 81.3 Å². The summed E-state index contributed by atoms with van der Waals surface area (Å²) >= 11 is 0. The fraction of sp³-hybridized carbons (Fsp3) is 0.167. The van der Waals surface area contributed by atoms with Crippen molar-refractivity contribution in [3.8, 4) is 34.0 Å². The molecule has 0 aliphatic carbocycles. The fourth-order valence-corrected chi connectivity index (χ4v) is 3.00. The van der Waals surface area contributed by atoms with E-state index < -0.39 is 9.84 Å². The summed E-state index contributed by atoms with van der Waals surface area (Å²) in [5.41, 5.74) is 2.80. The molecule has 1 N–H and O–H groups in total. The predicted molar refractivity (Wildman–Crippen MR) is 95.7 cm³/mol. The third-order valence-corrected chi connectivity index (χ3v) is 4.67. The Balaban J connectivity index is 2.16. The Kier molecular flexibility index (Phi) is 4.50. The first-order valence-corrected chi connectivity index (χ1v) is 9.40. The SMILES string of the molecule is COc1ccc(-c2nc(S(C)(=O)=O)[nH]c2-c2ccc(OC)cc2)cc1. The zero-order valence-electron chi connectivity index (χ0n) is 14.1. The highest BCUT2D eigenvalue weighted by Crippen LogP contribution is 2.33. The summed E-state index contributed by atoms with van der Waals surface area (Å²) in [6.07, 6.45) is 1.13. The average molecular weight is 358 g/mol. The molecule has 2 aromatic carbocycles. The largest absolute Gasteiger partial charge is 0.497 e. The number of methoxy groups -OCH3 is 2. The summed E-state index contributed by atoms with van der Waals surface area (Å²) in [6, 6.07) is 14.6. The van der Waals surface area contributed by atoms with E-state index in [-0.39, 0.29) is 5.16 Å². The second kappa shape index (κ2) is 6.60. The van der Waals surface area contributed by atoms with Gasteiger partial charge in [-0.3, -0.25) is 0 Å². The second-order valence-corrected chi connectivity index (χ2v) is 7.43. The van der Waals surface area contributed by atoms with E-state index >= 15 is 0 Å². The van der Waals surface area contributed by atoms with Crippen LogP contribution >= 0.6 is 0 Å². The normalized spacial score (nSPS) is 11.3. The summed E-state index contributed by atoms with van der Waals surface area (Å²) in [7, 11) is -0.278. The van der Waals surface area contributed by atoms with Crippen molar-refractivity contribution in [1.29, 1.82) is 0 Å². The predicted octanol–water partition coefficient (Wildman–Crippen LogP) is 3.16. The molecule has 25 heavy (non-hydrogen) atoms. The molecule has 6 nitrogen and oxygen atoms in total. The number of H-pyrrole nitrogens is 1. The van der Waals surface area contributed by atoms with E-state index in [0.717, 1.165) is 23.1 Å². The van der Waals surface area contributed by atoms with Gasteiger partial charge in [-0.25, -0.2) is 13.4 Å². The number of nitrogens with one attached hydrogen (secondary N) is 1. The lowest BCUT2D eigenvalue weighted by Crippen LogP contribution is -1.99. The van der Waals surface area contributed by atoms with E-state index in [2.05, 4.69) is 9.97 Å². The standard InChI is InChI=1S/C18H18N2O4S/c1-23-14-8-4-12(5-9-14)16-17(20-18(19-16)25(3,21)22)13-6-10-15(24-2)11-7-13/h4-11H,1-3H3,(H,19,20). The Morgan fingerprint density at radius 3 is 1.76 bits per heavy atom. The van der Waals surface area contributed by atoms with Gasteiger partial charge in [0, 0.05) is 17.4 Å². The van der Waals surface area contributed by atoms with Crippen LogP contribution in [0.25, 0.3) is 22.5 Å². The number of benzene rings is 2. The molecule has 0 radical (unpaired) electrons. The molecule has 0 unspecified atom stereocenters. The Labute approximate surface area is 146 Å². The molecular formula is C18H18N2O4S. The summed E-state index contributed by atoms with van der Waals surface area (Å²) in [5.74, 6) is 1.44. The highest BCUT2D eigenvalue weighted by molar-refractivity contribution is 7.90. The van der Waals surface area contributed by atoms with Crippen molar-refractivity contribution >= 4 is 9.84 Å². The number of imidazole rings is 1. The summed E-state index contributed by atoms with van der Waals surface area (Å²) < 4.78 is 34.2. The van der Waals surface area contributed by atoms with Gasteiger partial charge in [-0.2, -0.15) is 0 Å². The zero-order valence-corrected chi connectivity index (χ0v) is 14.9. The molecule has 1 heterocycles. The van der Waals surface area contributed by atoms with Gasteiger partial charge in [-0.15, -0.1) is 0 Å². The van der Waals surface area contributed by atoms with Gasteiger partial charge in [0.25, 0.3) is 0 Å². The van der Waals surface area contributed by atoms with Crippen LogP contribution in [0.4, 0.5) is 0 Å². The van der Waals surface area contributed by atoms with E-state index in [0.29, 0.717) is 17.1 Å². The summed E-state index contributed by atoms with van der Waals surface area (Å²) in [5, 5.41) is -0.0656. The van der Waals surface area contributed by atoms with Crippen molar-refractivity contribution in [3.05, 3.63) is 48.5 Å². The van der Waals surface area contributed by atoms with Crippen LogP contribution in [0.5, 0.6) is 11.5 Å². The molecule has 7 heteroatoms. The Bertz CT molecular complexity index is 910. The average Bonchev–Trinajstić information content (AvgIpc) is 3.07. The van der Waals surface area contributed by atoms with Crippen molar-refractivity contribution in [2.24, 2.45) is 0 Å². The third kappa shape index (κ3) is 3.51. The first-order chi connectivity index (χ1) is 11.9. The summed E-state index contributed by atoms with van der Waals surface area (Å²) in [6.45, 7) is 0. The molecule has 1 aromatic heterocycles. The van der Waals surface area contributed by atoms with Gasteiger partial charge in [-0.05, 0) is 48.5 Å². The second-order valence-electron chi connectivity index (χ2n) is 5.49. The van der Waals surface area contributed by atoms with E-state index in [1.807, 2.05) is 48.5 Å². The number of nitrogens with zero attached hydrogens (tertiary/aromatic N) is 1. The van der Waals surface area contributed by atoms with E-state index in [1.54, 1.807) is 14.2 Å². The van der Waals surface area contributed by atoms with Crippen molar-refractivity contribution in [1.82, 2.24) is 9.97 Å². The van der Waals surface area contributed by atoms with Crippen LogP contribution in [-0.2, 0) is 9.84 Å². The minimum atomic E-state index is -3.46. The monoisotopic (exact) mass is 358 g/mol. The van der Waals surface area contributed by atoms with Gasteiger partial charge < -0.3 is 14.5 Å². The number of aromatic amines is 1. The van der Waals surface area contributed by atoms with Crippen LogP contribution in [0.2, 0.25) is 0 Å². The Hall–Kier alpha value is -2.80. The zero-order chi connectivity index (χ0) is 18.0. The quantitative estimate of drug-likeness (QED) is 0.758. The van der Waals surface area contributed by atoms with Crippen LogP contribution < -0.4 is 9.47 Å². The molecule has 3 aromatic rings. The highest BCUT2D eigenvalue weighted by Gasteiger charge is 2.19. The molecule has 130 valence electrons. The van der Waals surface area contributed by atoms with Crippen molar-refractivity contribution in [2.75, 3.05) is 20.5 Å². The number of ether oxygens (including phenoxy) is 2. The molecule has 0 fully saturated rings. The van der Waals surface area contributed by atoms with Crippen LogP contribution in [0, 0.1) is 0 Å². The molecule has 0 saturated heterocycles. The Morgan fingerprint density at radius 1 is 0.840 bits per heavy atom. The van der Waals surface area contributed by atoms with Gasteiger partial charge in [0.2, 0.25) is 15.0 Å². The molecule has 3 rings (SSSR count). The number of rotatable bonds is 5. The lowest BCUT2D eigenvalue weighted by atomic mass is 10.0. The smallest absolute Gasteiger partial charge is 0.225 e. The molecule has 0 amide bonds. The molecule has 0 aliphatic heterocycles.